The molecule has 0 saturated carbocycles. The summed E-state index contributed by atoms with van der Waals surface area (Å²) in [6, 6.07) is 4.72. The van der Waals surface area contributed by atoms with E-state index in [-0.39, 0.29) is 13.2 Å². The Balaban J connectivity index is 2.50. The minimum atomic E-state index is -0.586. The SMILES string of the molecule is Cc1cc(OC[C@H](CO)NC(=O)OC(C)(C)C)ccc1Cl. The fourth-order valence-corrected chi connectivity index (χ4v) is 1.64. The van der Waals surface area contributed by atoms with Crippen LogP contribution in [0.25, 0.3) is 0 Å². The molecule has 1 rings (SSSR count). The molecule has 0 heterocycles. The molecule has 0 spiro atoms. The molecule has 6 heteroatoms. The second-order valence-electron chi connectivity index (χ2n) is 5.75. The van der Waals surface area contributed by atoms with Crippen LogP contribution >= 0.6 is 11.6 Å². The number of aliphatic hydroxyl groups excluding tert-OH is 1. The number of amides is 1. The Kier molecular flexibility index (Phi) is 6.30. The largest absolute Gasteiger partial charge is 0.491 e. The van der Waals surface area contributed by atoms with E-state index in [1.807, 2.05) is 6.92 Å². The predicted octanol–water partition coefficient (Wildman–Crippen LogP) is 2.91. The number of nitrogens with one attached hydrogen (secondary N) is 1. The van der Waals surface area contributed by atoms with E-state index in [4.69, 9.17) is 21.1 Å². The molecule has 0 bridgehead atoms. The van der Waals surface area contributed by atoms with Gasteiger partial charge in [0.25, 0.3) is 0 Å². The second-order valence-corrected chi connectivity index (χ2v) is 6.15. The van der Waals surface area contributed by atoms with Crippen LogP contribution in [-0.2, 0) is 4.74 Å². The van der Waals surface area contributed by atoms with E-state index in [2.05, 4.69) is 5.32 Å². The van der Waals surface area contributed by atoms with Crippen LogP contribution in [0.4, 0.5) is 4.79 Å². The van der Waals surface area contributed by atoms with Crippen LogP contribution in [-0.4, -0.2) is 36.1 Å². The number of ether oxygens (including phenoxy) is 2. The van der Waals surface area contributed by atoms with Gasteiger partial charge in [0.05, 0.1) is 12.6 Å². The number of aryl methyl sites for hydroxylation is 1. The van der Waals surface area contributed by atoms with Crippen molar-refractivity contribution in [3.05, 3.63) is 28.8 Å². The second kappa shape index (κ2) is 7.52. The third-order valence-corrected chi connectivity index (χ3v) is 2.95. The molecule has 0 aliphatic carbocycles. The zero-order chi connectivity index (χ0) is 16.0. The molecule has 21 heavy (non-hydrogen) atoms. The molecule has 2 N–H and O–H groups in total. The zero-order valence-electron chi connectivity index (χ0n) is 12.8. The summed E-state index contributed by atoms with van der Waals surface area (Å²) in [4.78, 5) is 11.6. The number of rotatable bonds is 5. The van der Waals surface area contributed by atoms with Gasteiger partial charge in [-0.3, -0.25) is 0 Å². The van der Waals surface area contributed by atoms with Crippen LogP contribution < -0.4 is 10.1 Å². The quantitative estimate of drug-likeness (QED) is 0.876. The standard InChI is InChI=1S/C15H22ClNO4/c1-10-7-12(5-6-13(10)16)20-9-11(8-18)17-14(19)21-15(2,3)4/h5-7,11,18H,8-9H2,1-4H3,(H,17,19)/t11-/m0/s1. The lowest BCUT2D eigenvalue weighted by molar-refractivity contribution is 0.0458. The molecular weight excluding hydrogens is 294 g/mol. The van der Waals surface area contributed by atoms with E-state index in [0.717, 1.165) is 5.56 Å². The molecule has 1 aromatic carbocycles. The van der Waals surface area contributed by atoms with Gasteiger partial charge in [0.1, 0.15) is 18.0 Å². The van der Waals surface area contributed by atoms with Crippen LogP contribution in [0, 0.1) is 6.92 Å². The van der Waals surface area contributed by atoms with Gasteiger partial charge >= 0.3 is 6.09 Å². The van der Waals surface area contributed by atoms with E-state index < -0.39 is 17.7 Å². The molecule has 1 aromatic rings. The maximum absolute atomic E-state index is 11.6. The maximum atomic E-state index is 11.6. The molecule has 118 valence electrons. The molecule has 0 aromatic heterocycles. The van der Waals surface area contributed by atoms with Gasteiger partial charge in [-0.2, -0.15) is 0 Å². The third-order valence-electron chi connectivity index (χ3n) is 2.52. The van der Waals surface area contributed by atoms with Gasteiger partial charge in [-0.25, -0.2) is 4.79 Å². The van der Waals surface area contributed by atoms with Crippen molar-refractivity contribution < 1.29 is 19.4 Å². The number of hydrogen-bond donors (Lipinski definition) is 2. The minimum absolute atomic E-state index is 0.136. The van der Waals surface area contributed by atoms with Gasteiger partial charge < -0.3 is 19.9 Å². The summed E-state index contributed by atoms with van der Waals surface area (Å²) in [7, 11) is 0. The van der Waals surface area contributed by atoms with Crippen LogP contribution in [0.15, 0.2) is 18.2 Å². The Morgan fingerprint density at radius 2 is 2.10 bits per heavy atom. The van der Waals surface area contributed by atoms with Crippen LogP contribution in [0.2, 0.25) is 5.02 Å². The Hall–Kier alpha value is -1.46. The Labute approximate surface area is 130 Å². The van der Waals surface area contributed by atoms with Crippen molar-refractivity contribution in [2.24, 2.45) is 0 Å². The van der Waals surface area contributed by atoms with Crippen molar-refractivity contribution in [1.29, 1.82) is 0 Å². The molecule has 5 nitrogen and oxygen atoms in total. The maximum Gasteiger partial charge on any atom is 0.408 e. The highest BCUT2D eigenvalue weighted by Gasteiger charge is 2.19. The summed E-state index contributed by atoms with van der Waals surface area (Å²) >= 11 is 5.93. The first-order valence-electron chi connectivity index (χ1n) is 6.70. The summed E-state index contributed by atoms with van der Waals surface area (Å²) in [5.74, 6) is 0.626. The van der Waals surface area contributed by atoms with Crippen molar-refractivity contribution in [3.63, 3.8) is 0 Å². The van der Waals surface area contributed by atoms with Crippen LogP contribution in [0.5, 0.6) is 5.75 Å². The monoisotopic (exact) mass is 315 g/mol. The highest BCUT2D eigenvalue weighted by Crippen LogP contribution is 2.21. The average molecular weight is 316 g/mol. The lowest BCUT2D eigenvalue weighted by Crippen LogP contribution is -2.44. The van der Waals surface area contributed by atoms with Gasteiger partial charge in [-0.05, 0) is 51.5 Å². The topological polar surface area (TPSA) is 67.8 Å². The molecule has 1 amide bonds. The number of hydrogen-bond acceptors (Lipinski definition) is 4. The highest BCUT2D eigenvalue weighted by atomic mass is 35.5. The fourth-order valence-electron chi connectivity index (χ4n) is 1.52. The highest BCUT2D eigenvalue weighted by molar-refractivity contribution is 6.31. The molecule has 0 fully saturated rings. The number of halogens is 1. The van der Waals surface area contributed by atoms with Crippen LogP contribution in [0.3, 0.4) is 0 Å². The van der Waals surface area contributed by atoms with Gasteiger partial charge in [0, 0.05) is 5.02 Å². The van der Waals surface area contributed by atoms with Gasteiger partial charge in [0.2, 0.25) is 0 Å². The van der Waals surface area contributed by atoms with Crippen molar-refractivity contribution in [3.8, 4) is 5.75 Å². The van der Waals surface area contributed by atoms with E-state index in [9.17, 15) is 9.90 Å². The molecule has 0 aliphatic heterocycles. The Bertz CT molecular complexity index is 485. The molecular formula is C15H22ClNO4. The van der Waals surface area contributed by atoms with Gasteiger partial charge in [0.15, 0.2) is 0 Å². The molecule has 0 aliphatic rings. The number of benzene rings is 1. The summed E-state index contributed by atoms with van der Waals surface area (Å²) in [6.07, 6.45) is -0.586. The number of aliphatic hydroxyl groups is 1. The van der Waals surface area contributed by atoms with E-state index in [1.165, 1.54) is 0 Å². The fraction of sp³-hybridized carbons (Fsp3) is 0.533. The van der Waals surface area contributed by atoms with Gasteiger partial charge in [-0.15, -0.1) is 0 Å². The smallest absolute Gasteiger partial charge is 0.408 e. The molecule has 0 radical (unpaired) electrons. The van der Waals surface area contributed by atoms with E-state index in [1.54, 1.807) is 39.0 Å². The lowest BCUT2D eigenvalue weighted by atomic mass is 10.2. The first kappa shape index (κ1) is 17.6. The van der Waals surface area contributed by atoms with Crippen molar-refractivity contribution in [1.82, 2.24) is 5.32 Å². The van der Waals surface area contributed by atoms with E-state index in [0.29, 0.717) is 10.8 Å². The Morgan fingerprint density at radius 1 is 1.43 bits per heavy atom. The van der Waals surface area contributed by atoms with Crippen LogP contribution in [0.1, 0.15) is 26.3 Å². The number of alkyl carbamates (subject to hydrolysis) is 1. The summed E-state index contributed by atoms with van der Waals surface area (Å²) < 4.78 is 10.7. The molecule has 0 unspecified atom stereocenters. The summed E-state index contributed by atoms with van der Waals surface area (Å²) in [5, 5.41) is 12.5. The predicted molar refractivity (Wildman–Crippen MR) is 81.9 cm³/mol. The van der Waals surface area contributed by atoms with Crippen molar-refractivity contribution >= 4 is 17.7 Å². The van der Waals surface area contributed by atoms with Gasteiger partial charge in [-0.1, -0.05) is 11.6 Å². The third kappa shape index (κ3) is 6.69. The average Bonchev–Trinajstić information content (AvgIpc) is 2.36. The number of carbonyl (C=O) groups is 1. The van der Waals surface area contributed by atoms with E-state index >= 15 is 0 Å². The van der Waals surface area contributed by atoms with Crippen molar-refractivity contribution in [2.45, 2.75) is 39.3 Å². The summed E-state index contributed by atoms with van der Waals surface area (Å²) in [6.45, 7) is 7.08. The zero-order valence-corrected chi connectivity index (χ0v) is 13.5. The summed E-state index contributed by atoms with van der Waals surface area (Å²) in [5.41, 5.74) is 0.313. The minimum Gasteiger partial charge on any atom is -0.491 e. The normalized spacial score (nSPS) is 12.7. The molecule has 0 saturated heterocycles. The molecule has 1 atom stereocenters. The first-order valence-corrected chi connectivity index (χ1v) is 7.08. The lowest BCUT2D eigenvalue weighted by Gasteiger charge is -2.23. The first-order chi connectivity index (χ1) is 9.71. The number of carbonyl (C=O) groups excluding carboxylic acids is 1. The Morgan fingerprint density at radius 3 is 2.62 bits per heavy atom. The van der Waals surface area contributed by atoms with Crippen molar-refractivity contribution in [2.75, 3.05) is 13.2 Å².